The van der Waals surface area contributed by atoms with Crippen molar-refractivity contribution in [3.63, 3.8) is 0 Å². The van der Waals surface area contributed by atoms with Crippen molar-refractivity contribution in [2.75, 3.05) is 27.3 Å². The van der Waals surface area contributed by atoms with Crippen LogP contribution in [-0.4, -0.2) is 45.3 Å². The average molecular weight is 301 g/mol. The number of ether oxygens (including phenoxy) is 1. The summed E-state index contributed by atoms with van der Waals surface area (Å²) in [5, 5.41) is -0.434. The molecule has 0 aromatic heterocycles. The Balaban J connectivity index is 2.17. The van der Waals surface area contributed by atoms with Crippen LogP contribution >= 0.6 is 0 Å². The molecule has 112 valence electrons. The molecule has 0 saturated carbocycles. The van der Waals surface area contributed by atoms with E-state index in [0.29, 0.717) is 26.1 Å². The molecule has 4 nitrogen and oxygen atoms in total. The third-order valence-electron chi connectivity index (χ3n) is 3.71. The zero-order valence-electron chi connectivity index (χ0n) is 11.8. The lowest BCUT2D eigenvalue weighted by molar-refractivity contribution is 0.0563. The molecule has 2 atom stereocenters. The Morgan fingerprint density at radius 2 is 1.95 bits per heavy atom. The van der Waals surface area contributed by atoms with E-state index in [1.54, 1.807) is 26.2 Å². The Bertz CT molecular complexity index is 542. The third kappa shape index (κ3) is 3.37. The highest BCUT2D eigenvalue weighted by atomic mass is 32.2. The number of hydrogen-bond donors (Lipinski definition) is 0. The van der Waals surface area contributed by atoms with Gasteiger partial charge in [0, 0.05) is 26.6 Å². The smallest absolute Gasteiger partial charge is 0.216 e. The summed E-state index contributed by atoms with van der Waals surface area (Å²) in [5.74, 6) is -0.382. The summed E-state index contributed by atoms with van der Waals surface area (Å²) in [6.45, 7) is 0.896. The number of halogens is 1. The van der Waals surface area contributed by atoms with Gasteiger partial charge >= 0.3 is 0 Å². The van der Waals surface area contributed by atoms with Crippen molar-refractivity contribution in [1.82, 2.24) is 4.31 Å². The minimum absolute atomic E-state index is 0.0957. The zero-order chi connectivity index (χ0) is 14.8. The van der Waals surface area contributed by atoms with Gasteiger partial charge < -0.3 is 4.74 Å². The Hall–Kier alpha value is -0.980. The fourth-order valence-electron chi connectivity index (χ4n) is 2.55. The monoisotopic (exact) mass is 301 g/mol. The Labute approximate surface area is 119 Å². The Morgan fingerprint density at radius 3 is 2.55 bits per heavy atom. The van der Waals surface area contributed by atoms with Crippen LogP contribution in [0, 0.1) is 11.7 Å². The number of benzene rings is 1. The molecule has 1 aromatic rings. The summed E-state index contributed by atoms with van der Waals surface area (Å²) in [4.78, 5) is 0. The molecule has 0 radical (unpaired) electrons. The number of rotatable bonds is 4. The number of nitrogens with zero attached hydrogens (tertiary/aromatic N) is 1. The largest absolute Gasteiger partial charge is 0.381 e. The first-order valence-corrected chi connectivity index (χ1v) is 8.15. The predicted octanol–water partition coefficient (Wildman–Crippen LogP) is 1.66. The van der Waals surface area contributed by atoms with Crippen LogP contribution in [0.2, 0.25) is 0 Å². The van der Waals surface area contributed by atoms with Crippen molar-refractivity contribution in [1.29, 1.82) is 0 Å². The lowest BCUT2D eigenvalue weighted by Crippen LogP contribution is -2.44. The molecule has 0 spiro atoms. The van der Waals surface area contributed by atoms with Gasteiger partial charge in [0.25, 0.3) is 0 Å². The summed E-state index contributed by atoms with van der Waals surface area (Å²) in [7, 11) is -0.188. The predicted molar refractivity (Wildman–Crippen MR) is 75.4 cm³/mol. The van der Waals surface area contributed by atoms with Crippen molar-refractivity contribution in [3.8, 4) is 0 Å². The van der Waals surface area contributed by atoms with E-state index in [0.717, 1.165) is 5.56 Å². The first kappa shape index (κ1) is 15.4. The van der Waals surface area contributed by atoms with Gasteiger partial charge in [-0.15, -0.1) is 0 Å². The van der Waals surface area contributed by atoms with Crippen molar-refractivity contribution >= 4 is 10.0 Å². The van der Waals surface area contributed by atoms with Crippen LogP contribution in [0.15, 0.2) is 24.3 Å². The summed E-state index contributed by atoms with van der Waals surface area (Å²) in [6.07, 6.45) is 1.09. The Kier molecular flexibility index (Phi) is 4.78. The van der Waals surface area contributed by atoms with Gasteiger partial charge in [0.1, 0.15) is 5.82 Å². The highest BCUT2D eigenvalue weighted by molar-refractivity contribution is 7.89. The van der Waals surface area contributed by atoms with Crippen LogP contribution in [0.25, 0.3) is 0 Å². The van der Waals surface area contributed by atoms with Crippen molar-refractivity contribution in [3.05, 3.63) is 35.6 Å². The summed E-state index contributed by atoms with van der Waals surface area (Å²) in [5.41, 5.74) is 0.931. The van der Waals surface area contributed by atoms with Crippen LogP contribution in [-0.2, 0) is 21.2 Å². The summed E-state index contributed by atoms with van der Waals surface area (Å²) in [6, 6.07) is 6.19. The number of sulfonamides is 1. The molecule has 1 fully saturated rings. The van der Waals surface area contributed by atoms with E-state index in [4.69, 9.17) is 4.74 Å². The molecule has 20 heavy (non-hydrogen) atoms. The normalized spacial score (nSPS) is 24.0. The molecule has 0 aliphatic carbocycles. The second-order valence-electron chi connectivity index (χ2n) is 5.32. The minimum Gasteiger partial charge on any atom is -0.381 e. The molecule has 1 saturated heterocycles. The molecule has 2 rings (SSSR count). The molecule has 0 bridgehead atoms. The highest BCUT2D eigenvalue weighted by Gasteiger charge is 2.37. The third-order valence-corrected chi connectivity index (χ3v) is 6.11. The quantitative estimate of drug-likeness (QED) is 0.850. The fraction of sp³-hybridized carbons (Fsp3) is 0.571. The summed E-state index contributed by atoms with van der Waals surface area (Å²) < 4.78 is 44.3. The van der Waals surface area contributed by atoms with Crippen LogP contribution in [0.3, 0.4) is 0 Å². The maximum Gasteiger partial charge on any atom is 0.216 e. The van der Waals surface area contributed by atoms with Crippen LogP contribution in [0.5, 0.6) is 0 Å². The second-order valence-corrected chi connectivity index (χ2v) is 7.69. The van der Waals surface area contributed by atoms with Crippen molar-refractivity contribution in [2.45, 2.75) is 18.1 Å². The van der Waals surface area contributed by atoms with E-state index in [2.05, 4.69) is 0 Å². The van der Waals surface area contributed by atoms with Crippen LogP contribution in [0.4, 0.5) is 4.39 Å². The van der Waals surface area contributed by atoms with Crippen molar-refractivity contribution in [2.24, 2.45) is 5.92 Å². The standard InChI is InChI=1S/C14H20FNO3S/c1-16(2)20(17,18)14-7-8-19-10-12(14)9-11-3-5-13(15)6-4-11/h3-6,12,14H,7-10H2,1-2H3/t12-,14-/m1/s1. The SMILES string of the molecule is CN(C)S(=O)(=O)[C@@H]1CCOC[C@H]1Cc1ccc(F)cc1. The van der Waals surface area contributed by atoms with E-state index in [9.17, 15) is 12.8 Å². The molecule has 0 unspecified atom stereocenters. The molecule has 1 aliphatic heterocycles. The topological polar surface area (TPSA) is 46.6 Å². The molecular formula is C14H20FNO3S. The van der Waals surface area contributed by atoms with Gasteiger partial charge in [0.05, 0.1) is 11.9 Å². The number of hydrogen-bond acceptors (Lipinski definition) is 3. The first-order valence-electron chi connectivity index (χ1n) is 6.65. The molecule has 1 aliphatic rings. The molecule has 0 amide bonds. The lowest BCUT2D eigenvalue weighted by Gasteiger charge is -2.33. The van der Waals surface area contributed by atoms with Gasteiger partial charge in [-0.05, 0) is 30.5 Å². The van der Waals surface area contributed by atoms with E-state index < -0.39 is 15.3 Å². The molecule has 0 N–H and O–H groups in total. The lowest BCUT2D eigenvalue weighted by atomic mass is 9.93. The molecule has 6 heteroatoms. The van der Waals surface area contributed by atoms with Gasteiger partial charge in [-0.25, -0.2) is 17.1 Å². The molecular weight excluding hydrogens is 281 g/mol. The van der Waals surface area contributed by atoms with Crippen molar-refractivity contribution < 1.29 is 17.5 Å². The maximum atomic E-state index is 12.9. The average Bonchev–Trinajstić information content (AvgIpc) is 2.41. The van der Waals surface area contributed by atoms with Gasteiger partial charge in [-0.1, -0.05) is 12.1 Å². The summed E-state index contributed by atoms with van der Waals surface area (Å²) >= 11 is 0. The maximum absolute atomic E-state index is 12.9. The second kappa shape index (κ2) is 6.20. The fourth-order valence-corrected chi connectivity index (χ4v) is 4.15. The molecule has 1 aromatic carbocycles. The Morgan fingerprint density at radius 1 is 1.30 bits per heavy atom. The van der Waals surface area contributed by atoms with E-state index in [1.807, 2.05) is 0 Å². The van der Waals surface area contributed by atoms with Gasteiger partial charge in [0.15, 0.2) is 0 Å². The van der Waals surface area contributed by atoms with Gasteiger partial charge in [-0.3, -0.25) is 0 Å². The van der Waals surface area contributed by atoms with Gasteiger partial charge in [0.2, 0.25) is 10.0 Å². The van der Waals surface area contributed by atoms with E-state index in [1.165, 1.54) is 16.4 Å². The van der Waals surface area contributed by atoms with Crippen LogP contribution < -0.4 is 0 Å². The van der Waals surface area contributed by atoms with Gasteiger partial charge in [-0.2, -0.15) is 0 Å². The van der Waals surface area contributed by atoms with E-state index >= 15 is 0 Å². The first-order chi connectivity index (χ1) is 9.41. The van der Waals surface area contributed by atoms with Crippen LogP contribution in [0.1, 0.15) is 12.0 Å². The van der Waals surface area contributed by atoms with E-state index in [-0.39, 0.29) is 11.7 Å². The highest BCUT2D eigenvalue weighted by Crippen LogP contribution is 2.26. The minimum atomic E-state index is -3.30. The molecule has 1 heterocycles. The zero-order valence-corrected chi connectivity index (χ0v) is 12.6.